The molecule has 1 aliphatic rings. The highest BCUT2D eigenvalue weighted by Gasteiger charge is 2.52. The van der Waals surface area contributed by atoms with Crippen LogP contribution in [0.25, 0.3) is 0 Å². The van der Waals surface area contributed by atoms with Gasteiger partial charge in [0, 0.05) is 6.54 Å². The number of hydrogen-bond acceptors (Lipinski definition) is 2. The minimum atomic E-state index is -0.462. The number of amides is 1. The van der Waals surface area contributed by atoms with Crippen LogP contribution < -0.4 is 0 Å². The quantitative estimate of drug-likeness (QED) is 0.764. The van der Waals surface area contributed by atoms with E-state index in [-0.39, 0.29) is 17.0 Å². The third kappa shape index (κ3) is 3.88. The van der Waals surface area contributed by atoms with E-state index >= 15 is 0 Å². The van der Waals surface area contributed by atoms with E-state index in [9.17, 15) is 4.79 Å². The maximum atomic E-state index is 12.8. The summed E-state index contributed by atoms with van der Waals surface area (Å²) in [5.41, 5.74) is 0.598. The molecule has 1 atom stereocenters. The summed E-state index contributed by atoms with van der Waals surface area (Å²) in [7, 11) is 0. The van der Waals surface area contributed by atoms with E-state index in [2.05, 4.69) is 45.0 Å². The largest absolute Gasteiger partial charge is 0.444 e. The van der Waals surface area contributed by atoms with E-state index in [4.69, 9.17) is 4.74 Å². The standard InChI is InChI=1S/C20H31NO2/c1-18(2,3)20(15-16-11-8-7-9-12-16)13-10-14-21(20)17(22)23-19(4,5)6/h7-9,11-12H,10,13-15H2,1-6H3. The molecule has 1 fully saturated rings. The highest BCUT2D eigenvalue weighted by Crippen LogP contribution is 2.46. The van der Waals surface area contributed by atoms with Crippen LogP contribution in [-0.4, -0.2) is 28.7 Å². The Bertz CT molecular complexity index is 539. The maximum Gasteiger partial charge on any atom is 0.410 e. The molecule has 23 heavy (non-hydrogen) atoms. The molecule has 0 saturated carbocycles. The summed E-state index contributed by atoms with van der Waals surface area (Å²) in [4.78, 5) is 14.8. The molecule has 0 radical (unpaired) electrons. The van der Waals surface area contributed by atoms with E-state index in [1.807, 2.05) is 31.7 Å². The number of likely N-dealkylation sites (tertiary alicyclic amines) is 1. The summed E-state index contributed by atoms with van der Waals surface area (Å²) in [5.74, 6) is 0. The Hall–Kier alpha value is -1.51. The second-order valence-corrected chi connectivity index (χ2v) is 8.68. The van der Waals surface area contributed by atoms with Crippen LogP contribution in [0.15, 0.2) is 30.3 Å². The van der Waals surface area contributed by atoms with Gasteiger partial charge in [0.2, 0.25) is 0 Å². The number of benzene rings is 1. The van der Waals surface area contributed by atoms with Crippen LogP contribution in [0.1, 0.15) is 59.9 Å². The molecule has 128 valence electrons. The number of carbonyl (C=O) groups is 1. The van der Waals surface area contributed by atoms with E-state index in [1.54, 1.807) is 0 Å². The minimum absolute atomic E-state index is 0.0176. The van der Waals surface area contributed by atoms with Gasteiger partial charge < -0.3 is 9.64 Å². The lowest BCUT2D eigenvalue weighted by atomic mass is 9.68. The lowest BCUT2D eigenvalue weighted by Gasteiger charge is -2.48. The topological polar surface area (TPSA) is 29.5 Å². The summed E-state index contributed by atoms with van der Waals surface area (Å²) in [6.07, 6.45) is 2.74. The van der Waals surface area contributed by atoms with E-state index in [0.29, 0.717) is 0 Å². The molecule has 1 amide bonds. The van der Waals surface area contributed by atoms with Crippen molar-refractivity contribution in [2.75, 3.05) is 6.54 Å². The molecule has 1 saturated heterocycles. The van der Waals surface area contributed by atoms with Gasteiger partial charge in [0.1, 0.15) is 5.60 Å². The fourth-order valence-electron chi connectivity index (χ4n) is 3.62. The van der Waals surface area contributed by atoms with Crippen LogP contribution >= 0.6 is 0 Å². The first kappa shape index (κ1) is 17.8. The van der Waals surface area contributed by atoms with Gasteiger partial charge in [-0.05, 0) is 51.0 Å². The number of rotatable bonds is 2. The van der Waals surface area contributed by atoms with Crippen molar-refractivity contribution in [2.24, 2.45) is 5.41 Å². The molecule has 1 unspecified atom stereocenters. The SMILES string of the molecule is CC(C)(C)OC(=O)N1CCCC1(Cc1ccccc1)C(C)(C)C. The molecule has 1 heterocycles. The minimum Gasteiger partial charge on any atom is -0.444 e. The van der Waals surface area contributed by atoms with Gasteiger partial charge in [-0.1, -0.05) is 51.1 Å². The summed E-state index contributed by atoms with van der Waals surface area (Å²) < 4.78 is 5.70. The summed E-state index contributed by atoms with van der Waals surface area (Å²) >= 11 is 0. The zero-order valence-electron chi connectivity index (χ0n) is 15.5. The third-order valence-corrected chi connectivity index (χ3v) is 4.84. The first-order valence-electron chi connectivity index (χ1n) is 8.60. The van der Waals surface area contributed by atoms with Crippen LogP contribution in [0.2, 0.25) is 0 Å². The van der Waals surface area contributed by atoms with E-state index in [0.717, 1.165) is 25.8 Å². The van der Waals surface area contributed by atoms with Crippen LogP contribution in [0.4, 0.5) is 4.79 Å². The number of carbonyl (C=O) groups excluding carboxylic acids is 1. The summed E-state index contributed by atoms with van der Waals surface area (Å²) in [6, 6.07) is 10.5. The van der Waals surface area contributed by atoms with Crippen molar-refractivity contribution in [3.63, 3.8) is 0 Å². The molecule has 0 N–H and O–H groups in total. The van der Waals surface area contributed by atoms with Crippen molar-refractivity contribution >= 4 is 6.09 Å². The second kappa shape index (κ2) is 6.18. The Morgan fingerprint density at radius 3 is 2.26 bits per heavy atom. The van der Waals surface area contributed by atoms with Gasteiger partial charge in [0.05, 0.1) is 5.54 Å². The second-order valence-electron chi connectivity index (χ2n) is 8.68. The summed E-state index contributed by atoms with van der Waals surface area (Å²) in [6.45, 7) is 13.3. The van der Waals surface area contributed by atoms with Gasteiger partial charge in [-0.25, -0.2) is 4.79 Å². The molecule has 0 spiro atoms. The number of hydrogen-bond donors (Lipinski definition) is 0. The van der Waals surface area contributed by atoms with Gasteiger partial charge >= 0.3 is 6.09 Å². The van der Waals surface area contributed by atoms with Gasteiger partial charge in [0.15, 0.2) is 0 Å². The molecule has 0 bridgehead atoms. The molecular formula is C20H31NO2. The van der Waals surface area contributed by atoms with Gasteiger partial charge in [-0.2, -0.15) is 0 Å². The van der Waals surface area contributed by atoms with E-state index in [1.165, 1.54) is 5.56 Å². The number of nitrogens with zero attached hydrogens (tertiary/aromatic N) is 1. The average molecular weight is 317 g/mol. The van der Waals surface area contributed by atoms with Crippen LogP contribution in [0.5, 0.6) is 0 Å². The molecular weight excluding hydrogens is 286 g/mol. The Labute approximate surface area is 141 Å². The summed E-state index contributed by atoms with van der Waals surface area (Å²) in [5, 5.41) is 0. The first-order valence-corrected chi connectivity index (χ1v) is 8.60. The molecule has 1 aromatic carbocycles. The predicted molar refractivity (Wildman–Crippen MR) is 94.5 cm³/mol. The molecule has 1 aliphatic heterocycles. The number of ether oxygens (including phenoxy) is 1. The van der Waals surface area contributed by atoms with Crippen molar-refractivity contribution in [1.82, 2.24) is 4.90 Å². The van der Waals surface area contributed by atoms with Crippen LogP contribution in [0, 0.1) is 5.41 Å². The van der Waals surface area contributed by atoms with Crippen molar-refractivity contribution in [3.8, 4) is 0 Å². The molecule has 3 heteroatoms. The van der Waals surface area contributed by atoms with E-state index < -0.39 is 5.60 Å². The zero-order valence-corrected chi connectivity index (χ0v) is 15.5. The van der Waals surface area contributed by atoms with Gasteiger partial charge in [-0.15, -0.1) is 0 Å². The highest BCUT2D eigenvalue weighted by atomic mass is 16.6. The normalized spacial score (nSPS) is 22.3. The molecule has 1 aromatic rings. The van der Waals surface area contributed by atoms with Crippen LogP contribution in [-0.2, 0) is 11.2 Å². The Morgan fingerprint density at radius 1 is 1.13 bits per heavy atom. The van der Waals surface area contributed by atoms with Gasteiger partial charge in [0.25, 0.3) is 0 Å². The Morgan fingerprint density at radius 2 is 1.74 bits per heavy atom. The predicted octanol–water partition coefficient (Wildman–Crippen LogP) is 5.04. The average Bonchev–Trinajstić information content (AvgIpc) is 2.82. The van der Waals surface area contributed by atoms with Crippen molar-refractivity contribution in [2.45, 2.75) is 71.9 Å². The molecule has 0 aromatic heterocycles. The fraction of sp³-hybridized carbons (Fsp3) is 0.650. The molecule has 3 nitrogen and oxygen atoms in total. The highest BCUT2D eigenvalue weighted by molar-refractivity contribution is 5.70. The zero-order chi connectivity index (χ0) is 17.3. The Kier molecular flexibility index (Phi) is 4.79. The van der Waals surface area contributed by atoms with Crippen LogP contribution in [0.3, 0.4) is 0 Å². The van der Waals surface area contributed by atoms with Crippen molar-refractivity contribution in [3.05, 3.63) is 35.9 Å². The lowest BCUT2D eigenvalue weighted by Crippen LogP contribution is -2.57. The Balaban J connectivity index is 2.35. The van der Waals surface area contributed by atoms with Gasteiger partial charge in [-0.3, -0.25) is 0 Å². The first-order chi connectivity index (χ1) is 10.6. The monoisotopic (exact) mass is 317 g/mol. The van der Waals surface area contributed by atoms with Crippen molar-refractivity contribution in [1.29, 1.82) is 0 Å². The lowest BCUT2D eigenvalue weighted by molar-refractivity contribution is -0.0198. The van der Waals surface area contributed by atoms with Crippen molar-refractivity contribution < 1.29 is 9.53 Å². The third-order valence-electron chi connectivity index (χ3n) is 4.84. The smallest absolute Gasteiger partial charge is 0.410 e. The molecule has 0 aliphatic carbocycles. The fourth-order valence-corrected chi connectivity index (χ4v) is 3.62. The molecule has 2 rings (SSSR count). The maximum absolute atomic E-state index is 12.8.